The maximum absolute atomic E-state index is 2.52. The Balaban J connectivity index is 1.15. The molecule has 0 N–H and O–H groups in total. The van der Waals surface area contributed by atoms with Crippen molar-refractivity contribution in [3.63, 3.8) is 0 Å². The minimum absolute atomic E-state index is 0.528. The lowest BCUT2D eigenvalue weighted by molar-refractivity contribution is 0.772. The van der Waals surface area contributed by atoms with Gasteiger partial charge >= 0.3 is 0 Å². The molecule has 2 heteroatoms. The molecule has 1 aliphatic rings. The summed E-state index contributed by atoms with van der Waals surface area (Å²) in [6.45, 7) is 6.36. The van der Waals surface area contributed by atoms with E-state index in [1.165, 1.54) is 110 Å². The molecular weight excluding hydrogens is 689 g/mol. The molecule has 2 aromatic heterocycles. The lowest BCUT2D eigenvalue weighted by Gasteiger charge is -2.34. The van der Waals surface area contributed by atoms with Crippen LogP contribution in [0.3, 0.4) is 0 Å². The quantitative estimate of drug-likeness (QED) is 0.151. The summed E-state index contributed by atoms with van der Waals surface area (Å²) in [5, 5.41) is 10.5. The Morgan fingerprint density at radius 2 is 0.754 bits per heavy atom. The van der Waals surface area contributed by atoms with E-state index in [1.54, 1.807) is 0 Å². The van der Waals surface area contributed by atoms with Gasteiger partial charge in [-0.05, 0) is 141 Å². The van der Waals surface area contributed by atoms with Gasteiger partial charge in [-0.2, -0.15) is 0 Å². The molecule has 12 rings (SSSR count). The normalized spacial score (nSPS) is 13.4. The Bertz CT molecular complexity index is 3190. The minimum Gasteiger partial charge on any atom is -0.341 e. The van der Waals surface area contributed by atoms with Crippen molar-refractivity contribution in [3.05, 3.63) is 204 Å². The summed E-state index contributed by atoms with van der Waals surface area (Å²) in [6.07, 6.45) is 0. The first-order valence-electron chi connectivity index (χ1n) is 20.4. The van der Waals surface area contributed by atoms with Crippen LogP contribution in [-0.2, 0) is 18.5 Å². The van der Waals surface area contributed by atoms with Gasteiger partial charge in [0.2, 0.25) is 0 Å². The van der Waals surface area contributed by atoms with Crippen LogP contribution in [0.1, 0.15) is 36.1 Å². The van der Waals surface area contributed by atoms with E-state index in [2.05, 4.69) is 205 Å². The van der Waals surface area contributed by atoms with E-state index in [0.717, 1.165) is 13.1 Å². The van der Waals surface area contributed by atoms with E-state index >= 15 is 0 Å². The highest BCUT2D eigenvalue weighted by Gasteiger charge is 2.45. The number of hydrogen-bond acceptors (Lipinski definition) is 0. The van der Waals surface area contributed by atoms with Crippen LogP contribution in [-0.4, -0.2) is 9.13 Å². The molecular formula is C55H40N2. The number of fused-ring (bicyclic) bond motifs is 6. The second-order valence-electron chi connectivity index (χ2n) is 15.8. The van der Waals surface area contributed by atoms with E-state index in [0.29, 0.717) is 0 Å². The maximum atomic E-state index is 2.52. The predicted octanol–water partition coefficient (Wildman–Crippen LogP) is 14.3. The minimum atomic E-state index is -0.528. The number of aryl methyl sites for hydroxylation is 2. The zero-order valence-corrected chi connectivity index (χ0v) is 32.1. The highest BCUT2D eigenvalue weighted by atomic mass is 15.0. The largest absolute Gasteiger partial charge is 0.341 e. The van der Waals surface area contributed by atoms with Gasteiger partial charge in [-0.1, -0.05) is 121 Å². The standard InChI is InChI=1S/C55H40N2/c1-3-56-49-21-13-11-19-43(49)45-31-35(25-27-51(45)56)39-29-37-23-24-38-30-40(36-26-28-52-46(32-36)44-20-12-14-22-50(44)57(52)4-2)34-48-54(38)53(37)47(33-39)55(48,41-15-7-5-8-16-41)42-17-9-6-10-18-42/h5-34H,3-4H2,1-2H3. The third-order valence-electron chi connectivity index (χ3n) is 13.1. The number of benzene rings is 9. The molecule has 11 aromatic rings. The highest BCUT2D eigenvalue weighted by Crippen LogP contribution is 2.57. The van der Waals surface area contributed by atoms with Crippen LogP contribution in [0.4, 0.5) is 0 Å². The van der Waals surface area contributed by atoms with Gasteiger partial charge in [0, 0.05) is 56.7 Å². The zero-order valence-electron chi connectivity index (χ0n) is 32.1. The summed E-state index contributed by atoms with van der Waals surface area (Å²) < 4.78 is 4.88. The monoisotopic (exact) mass is 728 g/mol. The molecule has 0 amide bonds. The van der Waals surface area contributed by atoms with Crippen LogP contribution in [0.15, 0.2) is 182 Å². The van der Waals surface area contributed by atoms with Gasteiger partial charge in [-0.3, -0.25) is 0 Å². The maximum Gasteiger partial charge on any atom is 0.0714 e. The van der Waals surface area contributed by atoms with Crippen LogP contribution in [0.5, 0.6) is 0 Å². The molecule has 0 atom stereocenters. The number of hydrogen-bond donors (Lipinski definition) is 0. The predicted molar refractivity (Wildman–Crippen MR) is 242 cm³/mol. The summed E-state index contributed by atoms with van der Waals surface area (Å²) in [7, 11) is 0. The molecule has 0 saturated heterocycles. The first-order valence-corrected chi connectivity index (χ1v) is 20.4. The van der Waals surface area contributed by atoms with E-state index < -0.39 is 5.41 Å². The Hall–Kier alpha value is -6.90. The lowest BCUT2D eigenvalue weighted by atomic mass is 9.66. The lowest BCUT2D eigenvalue weighted by Crippen LogP contribution is -2.28. The van der Waals surface area contributed by atoms with Crippen molar-refractivity contribution in [3.8, 4) is 22.3 Å². The Labute approximate surface area is 331 Å². The fraction of sp³-hybridized carbons (Fsp3) is 0.0909. The molecule has 270 valence electrons. The van der Waals surface area contributed by atoms with E-state index in [9.17, 15) is 0 Å². The average molecular weight is 729 g/mol. The summed E-state index contributed by atoms with van der Waals surface area (Å²) in [5.74, 6) is 0. The molecule has 1 aliphatic carbocycles. The molecule has 0 radical (unpaired) electrons. The van der Waals surface area contributed by atoms with Crippen LogP contribution in [0.25, 0.3) is 87.4 Å². The van der Waals surface area contributed by atoms with Gasteiger partial charge in [-0.25, -0.2) is 0 Å². The van der Waals surface area contributed by atoms with Crippen molar-refractivity contribution in [2.24, 2.45) is 0 Å². The molecule has 2 heterocycles. The summed E-state index contributed by atoms with van der Waals surface area (Å²) >= 11 is 0. The SMILES string of the molecule is CCn1c2ccccc2c2cc(-c3cc4c5c(ccc6cc(-c7ccc8c(c7)c7ccccc7n8CC)cc(c65)C4(c4ccccc4)c4ccccc4)c3)ccc21. The van der Waals surface area contributed by atoms with E-state index in [4.69, 9.17) is 0 Å². The van der Waals surface area contributed by atoms with Gasteiger partial charge in [0.25, 0.3) is 0 Å². The van der Waals surface area contributed by atoms with E-state index in [-0.39, 0.29) is 0 Å². The average Bonchev–Trinajstić information content (AvgIpc) is 3.89. The third-order valence-corrected chi connectivity index (χ3v) is 13.1. The zero-order chi connectivity index (χ0) is 37.8. The van der Waals surface area contributed by atoms with Gasteiger partial charge in [0.05, 0.1) is 5.41 Å². The van der Waals surface area contributed by atoms with Crippen LogP contribution in [0.2, 0.25) is 0 Å². The van der Waals surface area contributed by atoms with Gasteiger partial charge in [-0.15, -0.1) is 0 Å². The summed E-state index contributed by atoms with van der Waals surface area (Å²) in [4.78, 5) is 0. The summed E-state index contributed by atoms with van der Waals surface area (Å²) in [5.41, 5.74) is 14.9. The number of aromatic nitrogens is 2. The summed E-state index contributed by atoms with van der Waals surface area (Å²) in [6, 6.07) is 69.0. The van der Waals surface area contributed by atoms with Crippen LogP contribution < -0.4 is 0 Å². The molecule has 0 unspecified atom stereocenters. The Morgan fingerprint density at radius 3 is 1.19 bits per heavy atom. The van der Waals surface area contributed by atoms with Gasteiger partial charge in [0.15, 0.2) is 0 Å². The smallest absolute Gasteiger partial charge is 0.0714 e. The van der Waals surface area contributed by atoms with Crippen LogP contribution >= 0.6 is 0 Å². The number of para-hydroxylation sites is 2. The van der Waals surface area contributed by atoms with Crippen molar-refractivity contribution in [1.82, 2.24) is 9.13 Å². The fourth-order valence-electron chi connectivity index (χ4n) is 10.7. The molecule has 2 nitrogen and oxygen atoms in total. The second kappa shape index (κ2) is 12.0. The fourth-order valence-corrected chi connectivity index (χ4v) is 10.7. The number of rotatable bonds is 6. The van der Waals surface area contributed by atoms with E-state index in [1.807, 2.05) is 0 Å². The first-order chi connectivity index (χ1) is 28.2. The molecule has 0 fully saturated rings. The van der Waals surface area contributed by atoms with Crippen molar-refractivity contribution in [2.75, 3.05) is 0 Å². The number of nitrogens with zero attached hydrogens (tertiary/aromatic N) is 2. The third kappa shape index (κ3) is 4.36. The van der Waals surface area contributed by atoms with Crippen molar-refractivity contribution in [1.29, 1.82) is 0 Å². The molecule has 0 aliphatic heterocycles. The molecule has 9 aromatic carbocycles. The molecule has 57 heavy (non-hydrogen) atoms. The molecule has 0 saturated carbocycles. The van der Waals surface area contributed by atoms with Crippen molar-refractivity contribution < 1.29 is 0 Å². The molecule has 0 spiro atoms. The Morgan fingerprint density at radius 1 is 0.351 bits per heavy atom. The van der Waals surface area contributed by atoms with Crippen LogP contribution in [0, 0.1) is 0 Å². The highest BCUT2D eigenvalue weighted by molar-refractivity contribution is 6.19. The van der Waals surface area contributed by atoms with Crippen molar-refractivity contribution >= 4 is 65.2 Å². The van der Waals surface area contributed by atoms with Crippen molar-refractivity contribution in [2.45, 2.75) is 32.4 Å². The van der Waals surface area contributed by atoms with Gasteiger partial charge in [0.1, 0.15) is 0 Å². The topological polar surface area (TPSA) is 9.86 Å². The van der Waals surface area contributed by atoms with Gasteiger partial charge < -0.3 is 9.13 Å². The Kier molecular flexibility index (Phi) is 6.84. The second-order valence-corrected chi connectivity index (χ2v) is 15.8. The molecule has 0 bridgehead atoms. The first kappa shape index (κ1) is 32.4.